The van der Waals surface area contributed by atoms with Crippen LogP contribution >= 0.6 is 12.2 Å². The predicted molar refractivity (Wildman–Crippen MR) is 73.3 cm³/mol. The molecule has 0 saturated carbocycles. The van der Waals surface area contributed by atoms with E-state index in [0.29, 0.717) is 5.92 Å². The molecule has 1 aromatic rings. The SMILES string of the molecule is CC1CCN(c2ccc(C(F)(F)F)c(C(N)=S)c2)C1. The average molecular weight is 288 g/mol. The molecular formula is C13H15F3N2S. The minimum Gasteiger partial charge on any atom is -0.389 e. The van der Waals surface area contributed by atoms with Crippen LogP contribution in [0.1, 0.15) is 24.5 Å². The van der Waals surface area contributed by atoms with E-state index in [1.165, 1.54) is 12.1 Å². The number of nitrogens with two attached hydrogens (primary N) is 1. The maximum Gasteiger partial charge on any atom is 0.417 e. The van der Waals surface area contributed by atoms with Gasteiger partial charge in [-0.25, -0.2) is 0 Å². The van der Waals surface area contributed by atoms with Crippen LogP contribution in [0.25, 0.3) is 0 Å². The van der Waals surface area contributed by atoms with Crippen molar-refractivity contribution in [2.45, 2.75) is 19.5 Å². The fourth-order valence-corrected chi connectivity index (χ4v) is 2.52. The Morgan fingerprint density at radius 3 is 2.58 bits per heavy atom. The zero-order chi connectivity index (χ0) is 14.2. The third kappa shape index (κ3) is 3.00. The standard InChI is InChI=1S/C13H15F3N2S/c1-8-4-5-18(7-8)9-2-3-11(13(14,15)16)10(6-9)12(17)19/h2-3,6,8H,4-5,7H2,1H3,(H2,17,19). The van der Waals surface area contributed by atoms with Crippen molar-refractivity contribution in [3.63, 3.8) is 0 Å². The third-order valence-electron chi connectivity index (χ3n) is 3.36. The second-order valence-corrected chi connectivity index (χ2v) is 5.37. The molecule has 6 heteroatoms. The van der Waals surface area contributed by atoms with Gasteiger partial charge in [0.25, 0.3) is 0 Å². The van der Waals surface area contributed by atoms with Crippen LogP contribution in [-0.4, -0.2) is 18.1 Å². The third-order valence-corrected chi connectivity index (χ3v) is 3.58. The van der Waals surface area contributed by atoms with E-state index in [1.54, 1.807) is 0 Å². The zero-order valence-corrected chi connectivity index (χ0v) is 11.3. The molecule has 0 radical (unpaired) electrons. The summed E-state index contributed by atoms with van der Waals surface area (Å²) < 4.78 is 38.6. The first-order chi connectivity index (χ1) is 8.79. The monoisotopic (exact) mass is 288 g/mol. The Kier molecular flexibility index (Phi) is 3.71. The minimum atomic E-state index is -4.43. The van der Waals surface area contributed by atoms with E-state index in [-0.39, 0.29) is 10.6 Å². The molecule has 1 atom stereocenters. The summed E-state index contributed by atoms with van der Waals surface area (Å²) in [5.41, 5.74) is 5.30. The van der Waals surface area contributed by atoms with E-state index in [0.717, 1.165) is 31.3 Å². The Morgan fingerprint density at radius 1 is 1.42 bits per heavy atom. The van der Waals surface area contributed by atoms with Crippen molar-refractivity contribution in [1.29, 1.82) is 0 Å². The molecule has 2 N–H and O–H groups in total. The van der Waals surface area contributed by atoms with Gasteiger partial charge in [0, 0.05) is 24.3 Å². The normalized spacial score (nSPS) is 19.8. The number of halogens is 3. The van der Waals surface area contributed by atoms with Gasteiger partial charge in [-0.05, 0) is 30.5 Å². The van der Waals surface area contributed by atoms with Gasteiger partial charge in [0.15, 0.2) is 0 Å². The van der Waals surface area contributed by atoms with E-state index in [2.05, 4.69) is 11.8 Å². The Balaban J connectivity index is 2.39. The molecule has 1 unspecified atom stereocenters. The van der Waals surface area contributed by atoms with Gasteiger partial charge >= 0.3 is 6.18 Å². The molecule has 1 saturated heterocycles. The molecule has 1 aliphatic rings. The summed E-state index contributed by atoms with van der Waals surface area (Å²) in [7, 11) is 0. The largest absolute Gasteiger partial charge is 0.417 e. The number of anilines is 1. The second-order valence-electron chi connectivity index (χ2n) is 4.93. The van der Waals surface area contributed by atoms with Crippen LogP contribution in [0.4, 0.5) is 18.9 Å². The number of rotatable bonds is 2. The van der Waals surface area contributed by atoms with E-state index in [4.69, 9.17) is 18.0 Å². The summed E-state index contributed by atoms with van der Waals surface area (Å²) in [6.07, 6.45) is -3.39. The van der Waals surface area contributed by atoms with Gasteiger partial charge in [0.1, 0.15) is 4.99 Å². The van der Waals surface area contributed by atoms with Gasteiger partial charge in [-0.15, -0.1) is 0 Å². The Labute approximate surface area is 115 Å². The first-order valence-electron chi connectivity index (χ1n) is 6.05. The van der Waals surface area contributed by atoms with Gasteiger partial charge in [0.05, 0.1) is 5.56 Å². The lowest BCUT2D eigenvalue weighted by molar-refractivity contribution is -0.137. The van der Waals surface area contributed by atoms with Crippen molar-refractivity contribution in [2.24, 2.45) is 11.7 Å². The summed E-state index contributed by atoms with van der Waals surface area (Å²) in [4.78, 5) is 1.84. The molecule has 1 heterocycles. The van der Waals surface area contributed by atoms with Crippen LogP contribution in [0.5, 0.6) is 0 Å². The fourth-order valence-electron chi connectivity index (χ4n) is 2.35. The van der Waals surface area contributed by atoms with Crippen LogP contribution in [0.3, 0.4) is 0 Å². The highest BCUT2D eigenvalue weighted by Crippen LogP contribution is 2.35. The molecule has 19 heavy (non-hydrogen) atoms. The maximum atomic E-state index is 12.9. The van der Waals surface area contributed by atoms with Crippen molar-refractivity contribution < 1.29 is 13.2 Å². The van der Waals surface area contributed by atoms with E-state index >= 15 is 0 Å². The lowest BCUT2D eigenvalue weighted by Crippen LogP contribution is -2.22. The number of hydrogen-bond donors (Lipinski definition) is 1. The number of nitrogens with zero attached hydrogens (tertiary/aromatic N) is 1. The molecule has 0 aromatic heterocycles. The van der Waals surface area contributed by atoms with Crippen molar-refractivity contribution in [2.75, 3.05) is 18.0 Å². The topological polar surface area (TPSA) is 29.3 Å². The zero-order valence-electron chi connectivity index (χ0n) is 10.5. The second kappa shape index (κ2) is 5.00. The van der Waals surface area contributed by atoms with E-state index in [9.17, 15) is 13.2 Å². The van der Waals surface area contributed by atoms with Crippen molar-refractivity contribution in [3.8, 4) is 0 Å². The number of hydrogen-bond acceptors (Lipinski definition) is 2. The average Bonchev–Trinajstić information content (AvgIpc) is 2.74. The molecular weight excluding hydrogens is 273 g/mol. The maximum absolute atomic E-state index is 12.9. The predicted octanol–water partition coefficient (Wildman–Crippen LogP) is 3.19. The summed E-state index contributed by atoms with van der Waals surface area (Å²) >= 11 is 4.74. The Morgan fingerprint density at radius 2 is 2.11 bits per heavy atom. The fraction of sp³-hybridized carbons (Fsp3) is 0.462. The summed E-state index contributed by atoms with van der Waals surface area (Å²) in [5, 5.41) is 0. The first-order valence-corrected chi connectivity index (χ1v) is 6.46. The molecule has 1 aliphatic heterocycles. The summed E-state index contributed by atoms with van der Waals surface area (Å²) in [6.45, 7) is 3.82. The quantitative estimate of drug-likeness (QED) is 0.848. The van der Waals surface area contributed by atoms with Crippen LogP contribution in [0.15, 0.2) is 18.2 Å². The number of thiocarbonyl (C=S) groups is 1. The van der Waals surface area contributed by atoms with Crippen LogP contribution in [-0.2, 0) is 6.18 Å². The van der Waals surface area contributed by atoms with Gasteiger partial charge in [0.2, 0.25) is 0 Å². The van der Waals surface area contributed by atoms with Gasteiger partial charge in [-0.1, -0.05) is 19.1 Å². The number of alkyl halides is 3. The lowest BCUT2D eigenvalue weighted by atomic mass is 10.1. The number of benzene rings is 1. The van der Waals surface area contributed by atoms with Gasteiger partial charge in [-0.3, -0.25) is 0 Å². The Hall–Kier alpha value is -1.30. The molecule has 0 spiro atoms. The van der Waals surface area contributed by atoms with Crippen molar-refractivity contribution in [1.82, 2.24) is 0 Å². The molecule has 0 bridgehead atoms. The van der Waals surface area contributed by atoms with E-state index in [1.807, 2.05) is 0 Å². The molecule has 1 aromatic carbocycles. The molecule has 1 fully saturated rings. The lowest BCUT2D eigenvalue weighted by Gasteiger charge is -2.21. The highest BCUT2D eigenvalue weighted by Gasteiger charge is 2.34. The Bertz CT molecular complexity index is 499. The van der Waals surface area contributed by atoms with Gasteiger partial charge < -0.3 is 10.6 Å². The van der Waals surface area contributed by atoms with E-state index < -0.39 is 11.7 Å². The molecule has 0 aliphatic carbocycles. The van der Waals surface area contributed by atoms with Crippen molar-refractivity contribution in [3.05, 3.63) is 29.3 Å². The minimum absolute atomic E-state index is 0.0976. The van der Waals surface area contributed by atoms with Crippen LogP contribution in [0, 0.1) is 5.92 Å². The van der Waals surface area contributed by atoms with Crippen LogP contribution in [0.2, 0.25) is 0 Å². The molecule has 2 rings (SSSR count). The summed E-state index contributed by atoms with van der Waals surface area (Å²) in [6, 6.07) is 4.00. The smallest absolute Gasteiger partial charge is 0.389 e. The highest BCUT2D eigenvalue weighted by molar-refractivity contribution is 7.80. The molecule has 0 amide bonds. The molecule has 104 valence electrons. The highest BCUT2D eigenvalue weighted by atomic mass is 32.1. The van der Waals surface area contributed by atoms with Crippen molar-refractivity contribution >= 4 is 22.9 Å². The van der Waals surface area contributed by atoms with Crippen LogP contribution < -0.4 is 10.6 Å². The first kappa shape index (κ1) is 14.1. The summed E-state index contributed by atoms with van der Waals surface area (Å²) in [5.74, 6) is 0.551. The van der Waals surface area contributed by atoms with Gasteiger partial charge in [-0.2, -0.15) is 13.2 Å². The molecule has 2 nitrogen and oxygen atoms in total.